The maximum atomic E-state index is 13.8. The zero-order valence-electron chi connectivity index (χ0n) is 17.9. The molecule has 0 spiro atoms. The Morgan fingerprint density at radius 3 is 2.06 bits per heavy atom. The average Bonchev–Trinajstić information content (AvgIpc) is 2.80. The molecule has 0 radical (unpaired) electrons. The summed E-state index contributed by atoms with van der Waals surface area (Å²) in [6, 6.07) is 17.5. The largest absolute Gasteiger partial charge is 0.435 e. The van der Waals surface area contributed by atoms with Crippen LogP contribution in [-0.2, 0) is 9.53 Å². The predicted molar refractivity (Wildman–Crippen MR) is 127 cm³/mol. The van der Waals surface area contributed by atoms with Crippen molar-refractivity contribution in [2.24, 2.45) is 0 Å². The van der Waals surface area contributed by atoms with E-state index >= 15 is 0 Å². The minimum atomic E-state index is -1.78. The molecule has 0 aliphatic rings. The lowest BCUT2D eigenvalue weighted by Gasteiger charge is -2.34. The van der Waals surface area contributed by atoms with Crippen molar-refractivity contribution < 1.29 is 14.3 Å². The van der Waals surface area contributed by atoms with Crippen molar-refractivity contribution in [2.75, 3.05) is 5.32 Å². The summed E-state index contributed by atoms with van der Waals surface area (Å²) in [6.07, 6.45) is 9.90. The van der Waals surface area contributed by atoms with Gasteiger partial charge in [-0.15, -0.1) is 0 Å². The number of hydrogen-bond donors (Lipinski definition) is 1. The molecule has 4 nitrogen and oxygen atoms in total. The molecular formula is C27H27NO3. The molecule has 0 heterocycles. The van der Waals surface area contributed by atoms with Crippen LogP contribution in [0.5, 0.6) is 0 Å². The van der Waals surface area contributed by atoms with Crippen molar-refractivity contribution >= 4 is 17.6 Å². The molecule has 0 saturated heterocycles. The molecular weight excluding hydrogens is 386 g/mol. The van der Waals surface area contributed by atoms with E-state index in [2.05, 4.69) is 18.5 Å². The van der Waals surface area contributed by atoms with Gasteiger partial charge in [-0.1, -0.05) is 86.0 Å². The topological polar surface area (TPSA) is 55.4 Å². The summed E-state index contributed by atoms with van der Waals surface area (Å²) in [5, 5.41) is 2.87. The van der Waals surface area contributed by atoms with Crippen molar-refractivity contribution in [1.29, 1.82) is 0 Å². The zero-order chi connectivity index (χ0) is 22.7. The molecule has 4 heteroatoms. The molecule has 0 aliphatic carbocycles. The van der Waals surface area contributed by atoms with Crippen LogP contribution in [-0.4, -0.2) is 17.5 Å². The van der Waals surface area contributed by atoms with Crippen molar-refractivity contribution in [3.63, 3.8) is 0 Å². The van der Waals surface area contributed by atoms with E-state index in [1.54, 1.807) is 73.7 Å². The number of anilines is 1. The molecule has 0 bridgehead atoms. The monoisotopic (exact) mass is 413 g/mol. The van der Waals surface area contributed by atoms with E-state index in [0.29, 0.717) is 22.4 Å². The molecule has 2 rings (SSSR count). The quantitative estimate of drug-likeness (QED) is 0.403. The number of rotatable bonds is 9. The first-order valence-electron chi connectivity index (χ1n) is 9.93. The average molecular weight is 414 g/mol. The molecule has 0 aliphatic heterocycles. The maximum absolute atomic E-state index is 13.8. The molecule has 158 valence electrons. The van der Waals surface area contributed by atoms with Gasteiger partial charge in [-0.3, -0.25) is 4.79 Å². The minimum Gasteiger partial charge on any atom is -0.435 e. The minimum absolute atomic E-state index is 0.331. The number of carbonyl (C=O) groups is 2. The Bertz CT molecular complexity index is 1020. The van der Waals surface area contributed by atoms with Gasteiger partial charge in [-0.05, 0) is 38.1 Å². The molecule has 0 fully saturated rings. The number of amides is 1. The maximum Gasteiger partial charge on any atom is 0.339 e. The van der Waals surface area contributed by atoms with Crippen LogP contribution in [0.15, 0.2) is 121 Å². The van der Waals surface area contributed by atoms with E-state index in [4.69, 9.17) is 4.74 Å². The molecule has 0 saturated carbocycles. The van der Waals surface area contributed by atoms with E-state index in [0.717, 1.165) is 0 Å². The van der Waals surface area contributed by atoms with Crippen LogP contribution in [0.1, 0.15) is 24.2 Å². The molecule has 0 aromatic heterocycles. The first kappa shape index (κ1) is 23.4. The first-order chi connectivity index (χ1) is 15.0. The second-order valence-electron chi connectivity index (χ2n) is 6.56. The third-order valence-electron chi connectivity index (χ3n) is 4.59. The first-order valence-corrected chi connectivity index (χ1v) is 9.93. The fourth-order valence-electron chi connectivity index (χ4n) is 3.16. The van der Waals surface area contributed by atoms with Crippen molar-refractivity contribution in [1.82, 2.24) is 0 Å². The van der Waals surface area contributed by atoms with Gasteiger partial charge in [0.2, 0.25) is 5.60 Å². The van der Waals surface area contributed by atoms with Crippen molar-refractivity contribution in [2.45, 2.75) is 19.4 Å². The third-order valence-corrected chi connectivity index (χ3v) is 4.59. The number of ether oxygens (including phenoxy) is 1. The SMILES string of the molecule is C=C/C=C(\C=C)C(OC(=O)c1ccccc1)(C(=O)Nc1ccccc1)C(/C=C\C)=C/C. The van der Waals surface area contributed by atoms with E-state index in [9.17, 15) is 9.59 Å². The summed E-state index contributed by atoms with van der Waals surface area (Å²) in [5.74, 6) is -1.16. The Labute approximate surface area is 184 Å². The highest BCUT2D eigenvalue weighted by Gasteiger charge is 2.47. The van der Waals surface area contributed by atoms with Crippen LogP contribution in [0, 0.1) is 0 Å². The van der Waals surface area contributed by atoms with Gasteiger partial charge in [0, 0.05) is 16.8 Å². The summed E-state index contributed by atoms with van der Waals surface area (Å²) in [7, 11) is 0. The van der Waals surface area contributed by atoms with Gasteiger partial charge in [0.25, 0.3) is 5.91 Å². The van der Waals surface area contributed by atoms with E-state index < -0.39 is 17.5 Å². The third kappa shape index (κ3) is 5.37. The highest BCUT2D eigenvalue weighted by atomic mass is 16.6. The number of nitrogens with one attached hydrogen (secondary N) is 1. The van der Waals surface area contributed by atoms with Crippen LogP contribution >= 0.6 is 0 Å². The second-order valence-corrected chi connectivity index (χ2v) is 6.56. The van der Waals surface area contributed by atoms with Crippen LogP contribution in [0.4, 0.5) is 5.69 Å². The summed E-state index contributed by atoms with van der Waals surface area (Å²) in [5.41, 5.74) is -0.00463. The summed E-state index contributed by atoms with van der Waals surface area (Å²) >= 11 is 0. The molecule has 1 amide bonds. The molecule has 31 heavy (non-hydrogen) atoms. The van der Waals surface area contributed by atoms with Gasteiger partial charge < -0.3 is 10.1 Å². The van der Waals surface area contributed by atoms with Crippen molar-refractivity contribution in [3.05, 3.63) is 127 Å². The number of para-hydroxylation sites is 1. The van der Waals surface area contributed by atoms with Crippen LogP contribution in [0.3, 0.4) is 0 Å². The summed E-state index contributed by atoms with van der Waals surface area (Å²) < 4.78 is 6.01. The predicted octanol–water partition coefficient (Wildman–Crippen LogP) is 6.04. The fourth-order valence-corrected chi connectivity index (χ4v) is 3.16. The lowest BCUT2D eigenvalue weighted by Crippen LogP contribution is -2.49. The zero-order valence-corrected chi connectivity index (χ0v) is 17.9. The van der Waals surface area contributed by atoms with Gasteiger partial charge >= 0.3 is 5.97 Å². The molecule has 2 aromatic rings. The molecule has 1 unspecified atom stereocenters. The van der Waals surface area contributed by atoms with E-state index in [-0.39, 0.29) is 0 Å². The number of benzene rings is 2. The summed E-state index contributed by atoms with van der Waals surface area (Å²) in [4.78, 5) is 26.9. The Balaban J connectivity index is 2.71. The lowest BCUT2D eigenvalue weighted by atomic mass is 9.83. The van der Waals surface area contributed by atoms with Crippen LogP contribution < -0.4 is 5.32 Å². The highest BCUT2D eigenvalue weighted by Crippen LogP contribution is 2.35. The van der Waals surface area contributed by atoms with Gasteiger partial charge in [0.1, 0.15) is 0 Å². The standard InChI is InChI=1S/C27H27NO3/c1-5-15-22(7-3)27(23(8-4)16-6-2,26(30)28-24-19-13-10-14-20-24)31-25(29)21-17-11-9-12-18-21/h5-20H,1,3H2,2,4H3,(H,28,30)/b16-6-,22-15+,23-8+. The smallest absolute Gasteiger partial charge is 0.339 e. The normalized spacial score (nSPS) is 13.9. The number of carbonyl (C=O) groups excluding carboxylic acids is 2. The molecule has 1 N–H and O–H groups in total. The van der Waals surface area contributed by atoms with Crippen LogP contribution in [0.25, 0.3) is 0 Å². The molecule has 1 atom stereocenters. The fraction of sp³-hybridized carbons (Fsp3) is 0.111. The van der Waals surface area contributed by atoms with Gasteiger partial charge in [-0.25, -0.2) is 4.79 Å². The van der Waals surface area contributed by atoms with Gasteiger partial charge in [0.05, 0.1) is 5.56 Å². The number of esters is 1. The van der Waals surface area contributed by atoms with E-state index in [1.807, 2.05) is 25.1 Å². The van der Waals surface area contributed by atoms with Crippen LogP contribution in [0.2, 0.25) is 0 Å². The highest BCUT2D eigenvalue weighted by molar-refractivity contribution is 6.06. The summed E-state index contributed by atoms with van der Waals surface area (Å²) in [6.45, 7) is 11.2. The number of hydrogen-bond acceptors (Lipinski definition) is 3. The van der Waals surface area contributed by atoms with Crippen molar-refractivity contribution in [3.8, 4) is 0 Å². The van der Waals surface area contributed by atoms with Gasteiger partial charge in [-0.2, -0.15) is 0 Å². The Morgan fingerprint density at radius 2 is 1.55 bits per heavy atom. The van der Waals surface area contributed by atoms with E-state index in [1.165, 1.54) is 12.2 Å². The Hall–Kier alpha value is -3.92. The second kappa shape index (κ2) is 11.3. The Morgan fingerprint density at radius 1 is 0.935 bits per heavy atom. The molecule has 2 aromatic carbocycles. The van der Waals surface area contributed by atoms with Gasteiger partial charge in [0.15, 0.2) is 0 Å². The lowest BCUT2D eigenvalue weighted by molar-refractivity contribution is -0.128. The number of allylic oxidation sites excluding steroid dienone is 4. The Kier molecular flexibility index (Phi) is 8.52.